The lowest BCUT2D eigenvalue weighted by molar-refractivity contribution is -0.119. The van der Waals surface area contributed by atoms with Crippen LogP contribution < -0.4 is 5.32 Å². The van der Waals surface area contributed by atoms with E-state index in [2.05, 4.69) is 5.32 Å². The van der Waals surface area contributed by atoms with Crippen LogP contribution in [0.4, 0.5) is 4.39 Å². The van der Waals surface area contributed by atoms with E-state index in [-0.39, 0.29) is 23.5 Å². The molecule has 0 saturated heterocycles. The Kier molecular flexibility index (Phi) is 5.65. The van der Waals surface area contributed by atoms with Gasteiger partial charge in [0, 0.05) is 9.92 Å². The molecule has 0 aliphatic rings. The van der Waals surface area contributed by atoms with E-state index in [4.69, 9.17) is 11.6 Å². The van der Waals surface area contributed by atoms with Gasteiger partial charge in [0.05, 0.1) is 11.8 Å². The van der Waals surface area contributed by atoms with Gasteiger partial charge in [0.25, 0.3) is 0 Å². The first-order valence-corrected chi connectivity index (χ1v) is 7.85. The molecule has 0 fully saturated rings. The van der Waals surface area contributed by atoms with Crippen molar-refractivity contribution in [2.75, 3.05) is 5.75 Å². The molecule has 0 spiro atoms. The summed E-state index contributed by atoms with van der Waals surface area (Å²) in [6.45, 7) is 1.89. The number of rotatable bonds is 5. The maximum absolute atomic E-state index is 13.4. The van der Waals surface area contributed by atoms with Crippen molar-refractivity contribution in [3.63, 3.8) is 0 Å². The molecule has 1 atom stereocenters. The first-order chi connectivity index (χ1) is 10.1. The largest absolute Gasteiger partial charge is 0.349 e. The van der Waals surface area contributed by atoms with E-state index >= 15 is 0 Å². The van der Waals surface area contributed by atoms with Gasteiger partial charge in [-0.05, 0) is 36.8 Å². The quantitative estimate of drug-likeness (QED) is 0.824. The van der Waals surface area contributed by atoms with E-state index in [1.807, 2.05) is 25.1 Å². The molecule has 0 saturated carbocycles. The number of carbonyl (C=O) groups excluding carboxylic acids is 1. The molecule has 0 heterocycles. The SMILES string of the molecule is C[C@H](NC(=O)CSc1ccccc1F)c1cccc(Cl)c1. The molecule has 1 amide bonds. The van der Waals surface area contributed by atoms with Crippen molar-refractivity contribution in [1.82, 2.24) is 5.32 Å². The summed E-state index contributed by atoms with van der Waals surface area (Å²) in [5.41, 5.74) is 0.937. The fourth-order valence-corrected chi connectivity index (χ4v) is 2.80. The minimum Gasteiger partial charge on any atom is -0.349 e. The van der Waals surface area contributed by atoms with Crippen LogP contribution >= 0.6 is 23.4 Å². The van der Waals surface area contributed by atoms with Crippen LogP contribution in [0.1, 0.15) is 18.5 Å². The molecule has 2 aromatic rings. The summed E-state index contributed by atoms with van der Waals surface area (Å²) < 4.78 is 13.4. The number of hydrogen-bond acceptors (Lipinski definition) is 2. The summed E-state index contributed by atoms with van der Waals surface area (Å²) in [7, 11) is 0. The van der Waals surface area contributed by atoms with Gasteiger partial charge in [0.2, 0.25) is 5.91 Å². The topological polar surface area (TPSA) is 29.1 Å². The van der Waals surface area contributed by atoms with E-state index in [9.17, 15) is 9.18 Å². The fraction of sp³-hybridized carbons (Fsp3) is 0.188. The van der Waals surface area contributed by atoms with Crippen molar-refractivity contribution in [3.8, 4) is 0 Å². The van der Waals surface area contributed by atoms with Crippen LogP contribution in [0, 0.1) is 5.82 Å². The minimum atomic E-state index is -0.307. The Morgan fingerprint density at radius 3 is 2.76 bits per heavy atom. The van der Waals surface area contributed by atoms with Crippen molar-refractivity contribution < 1.29 is 9.18 Å². The standard InChI is InChI=1S/C16H15ClFNOS/c1-11(12-5-4-6-13(17)9-12)19-16(20)10-21-15-8-3-2-7-14(15)18/h2-9,11H,10H2,1H3,(H,19,20)/t11-/m0/s1. The third-order valence-corrected chi connectivity index (χ3v) is 4.21. The molecule has 0 unspecified atom stereocenters. The van der Waals surface area contributed by atoms with Crippen molar-refractivity contribution >= 4 is 29.3 Å². The highest BCUT2D eigenvalue weighted by molar-refractivity contribution is 8.00. The Morgan fingerprint density at radius 1 is 1.29 bits per heavy atom. The monoisotopic (exact) mass is 323 g/mol. The third kappa shape index (κ3) is 4.76. The van der Waals surface area contributed by atoms with E-state index < -0.39 is 0 Å². The average Bonchev–Trinajstić information content (AvgIpc) is 2.46. The lowest BCUT2D eigenvalue weighted by atomic mass is 10.1. The second-order valence-electron chi connectivity index (χ2n) is 4.56. The van der Waals surface area contributed by atoms with Crippen LogP contribution in [-0.4, -0.2) is 11.7 Å². The number of nitrogens with one attached hydrogen (secondary N) is 1. The fourth-order valence-electron chi connectivity index (χ4n) is 1.85. The Bertz CT molecular complexity index is 635. The molecule has 0 aromatic heterocycles. The molecular weight excluding hydrogens is 309 g/mol. The van der Waals surface area contributed by atoms with Crippen LogP contribution in [0.15, 0.2) is 53.4 Å². The summed E-state index contributed by atoms with van der Waals surface area (Å²) in [6, 6.07) is 13.6. The van der Waals surface area contributed by atoms with E-state index in [1.165, 1.54) is 17.8 Å². The summed E-state index contributed by atoms with van der Waals surface area (Å²) in [4.78, 5) is 12.4. The number of thioether (sulfide) groups is 1. The summed E-state index contributed by atoms with van der Waals surface area (Å²) in [6.07, 6.45) is 0. The van der Waals surface area contributed by atoms with Gasteiger partial charge in [-0.1, -0.05) is 35.9 Å². The van der Waals surface area contributed by atoms with Gasteiger partial charge in [-0.25, -0.2) is 4.39 Å². The molecule has 5 heteroatoms. The van der Waals surface area contributed by atoms with E-state index in [0.29, 0.717) is 9.92 Å². The highest BCUT2D eigenvalue weighted by Gasteiger charge is 2.11. The van der Waals surface area contributed by atoms with Crippen molar-refractivity contribution in [2.45, 2.75) is 17.9 Å². The molecule has 110 valence electrons. The van der Waals surface area contributed by atoms with E-state index in [0.717, 1.165) is 5.56 Å². The van der Waals surface area contributed by atoms with Crippen LogP contribution in [0.2, 0.25) is 5.02 Å². The predicted octanol–water partition coefficient (Wildman–Crippen LogP) is 4.45. The van der Waals surface area contributed by atoms with E-state index in [1.54, 1.807) is 24.3 Å². The Hall–Kier alpha value is -1.52. The molecule has 2 aromatic carbocycles. The summed E-state index contributed by atoms with van der Waals surface area (Å²) >= 11 is 7.11. The van der Waals surface area contributed by atoms with Crippen LogP contribution in [0.3, 0.4) is 0 Å². The van der Waals surface area contributed by atoms with Crippen molar-refractivity contribution in [3.05, 3.63) is 64.9 Å². The van der Waals surface area contributed by atoms with Gasteiger partial charge in [0.1, 0.15) is 5.82 Å². The minimum absolute atomic E-state index is 0.141. The number of benzene rings is 2. The number of carbonyl (C=O) groups is 1. The molecule has 2 nitrogen and oxygen atoms in total. The molecule has 0 aliphatic carbocycles. The average molecular weight is 324 g/mol. The lowest BCUT2D eigenvalue weighted by Gasteiger charge is -2.14. The second-order valence-corrected chi connectivity index (χ2v) is 6.02. The zero-order valence-electron chi connectivity index (χ0n) is 11.5. The molecule has 0 bridgehead atoms. The predicted molar refractivity (Wildman–Crippen MR) is 85.1 cm³/mol. The zero-order chi connectivity index (χ0) is 15.2. The van der Waals surface area contributed by atoms with Crippen LogP contribution in [0.25, 0.3) is 0 Å². The molecular formula is C16H15ClFNOS. The maximum Gasteiger partial charge on any atom is 0.230 e. The normalized spacial score (nSPS) is 12.0. The molecule has 21 heavy (non-hydrogen) atoms. The van der Waals surface area contributed by atoms with Gasteiger partial charge in [0.15, 0.2) is 0 Å². The second kappa shape index (κ2) is 7.48. The lowest BCUT2D eigenvalue weighted by Crippen LogP contribution is -2.28. The van der Waals surface area contributed by atoms with Gasteiger partial charge < -0.3 is 5.32 Å². The number of hydrogen-bond donors (Lipinski definition) is 1. The van der Waals surface area contributed by atoms with Gasteiger partial charge in [-0.15, -0.1) is 11.8 Å². The Labute approximate surface area is 132 Å². The first kappa shape index (κ1) is 15.9. The van der Waals surface area contributed by atoms with Crippen LogP contribution in [-0.2, 0) is 4.79 Å². The van der Waals surface area contributed by atoms with Crippen molar-refractivity contribution in [1.29, 1.82) is 0 Å². The molecule has 0 aliphatic heterocycles. The summed E-state index contributed by atoms with van der Waals surface area (Å²) in [5.74, 6) is -0.278. The van der Waals surface area contributed by atoms with Gasteiger partial charge in [-0.2, -0.15) is 0 Å². The van der Waals surface area contributed by atoms with Gasteiger partial charge >= 0.3 is 0 Å². The zero-order valence-corrected chi connectivity index (χ0v) is 13.0. The number of halogens is 2. The van der Waals surface area contributed by atoms with Crippen LogP contribution in [0.5, 0.6) is 0 Å². The van der Waals surface area contributed by atoms with Gasteiger partial charge in [-0.3, -0.25) is 4.79 Å². The Morgan fingerprint density at radius 2 is 2.05 bits per heavy atom. The highest BCUT2D eigenvalue weighted by Crippen LogP contribution is 2.22. The first-order valence-electron chi connectivity index (χ1n) is 6.48. The molecule has 0 radical (unpaired) electrons. The number of amides is 1. The summed E-state index contributed by atoms with van der Waals surface area (Å²) in [5, 5.41) is 3.51. The maximum atomic E-state index is 13.4. The molecule has 1 N–H and O–H groups in total. The smallest absolute Gasteiger partial charge is 0.230 e. The highest BCUT2D eigenvalue weighted by atomic mass is 35.5. The van der Waals surface area contributed by atoms with Crippen molar-refractivity contribution in [2.24, 2.45) is 0 Å². The molecule has 2 rings (SSSR count). The Balaban J connectivity index is 1.89. The third-order valence-electron chi connectivity index (χ3n) is 2.92.